The van der Waals surface area contributed by atoms with Gasteiger partial charge in [0.25, 0.3) is 0 Å². The summed E-state index contributed by atoms with van der Waals surface area (Å²) in [5.41, 5.74) is 0.379. The van der Waals surface area contributed by atoms with Crippen LogP contribution in [0.2, 0.25) is 0 Å². The average Bonchev–Trinajstić information content (AvgIpc) is 3.05. The van der Waals surface area contributed by atoms with E-state index in [1.807, 2.05) is 26.8 Å². The largest absolute Gasteiger partial charge is 0.390 e. The van der Waals surface area contributed by atoms with Gasteiger partial charge in [0.1, 0.15) is 18.5 Å². The second-order valence-corrected chi connectivity index (χ2v) is 7.00. The van der Waals surface area contributed by atoms with E-state index >= 15 is 0 Å². The molecule has 2 rings (SSSR count). The lowest BCUT2D eigenvalue weighted by Crippen LogP contribution is -2.36. The fourth-order valence-electron chi connectivity index (χ4n) is 2.59. The van der Waals surface area contributed by atoms with Crippen molar-refractivity contribution in [1.29, 1.82) is 0 Å². The Labute approximate surface area is 142 Å². The molecule has 0 amide bonds. The van der Waals surface area contributed by atoms with Crippen molar-refractivity contribution in [3.05, 3.63) is 48.3 Å². The Morgan fingerprint density at radius 3 is 2.62 bits per heavy atom. The number of ether oxygens (including phenoxy) is 1. The molecule has 1 aromatic carbocycles. The third-order valence-corrected chi connectivity index (χ3v) is 4.06. The Balaban J connectivity index is 1.84. The van der Waals surface area contributed by atoms with Gasteiger partial charge in [-0.1, -0.05) is 39.0 Å². The lowest BCUT2D eigenvalue weighted by molar-refractivity contribution is -0.00223. The van der Waals surface area contributed by atoms with Gasteiger partial charge in [-0.15, -0.1) is 0 Å². The third kappa shape index (κ3) is 5.11. The number of halogens is 1. The highest BCUT2D eigenvalue weighted by Crippen LogP contribution is 2.29. The minimum Gasteiger partial charge on any atom is -0.390 e. The van der Waals surface area contributed by atoms with E-state index in [1.54, 1.807) is 23.1 Å². The molecule has 1 N–H and O–H groups in total. The molecule has 0 bridgehead atoms. The number of hydrogen-bond donors (Lipinski definition) is 1. The van der Waals surface area contributed by atoms with Crippen LogP contribution in [-0.4, -0.2) is 39.2 Å². The van der Waals surface area contributed by atoms with E-state index in [0.717, 1.165) is 0 Å². The number of nitrogens with zero attached hydrogens (tertiary/aromatic N) is 3. The standard InChI is InChI=1S/C18H26FN3O2/c1-18(2,3)17(23)16(22-13-20-12-21-22)9-11-24-10-8-14-6-4-5-7-15(14)19/h4-7,12-13,16-17,23H,8-11H2,1-3H3. The Morgan fingerprint density at radius 1 is 1.25 bits per heavy atom. The zero-order chi connectivity index (χ0) is 17.6. The van der Waals surface area contributed by atoms with Gasteiger partial charge in [0.05, 0.1) is 18.8 Å². The first kappa shape index (κ1) is 18.5. The molecule has 2 atom stereocenters. The van der Waals surface area contributed by atoms with Crippen LogP contribution in [0.3, 0.4) is 0 Å². The SMILES string of the molecule is CC(C)(C)C(O)C(CCOCCc1ccccc1F)n1cncn1. The van der Waals surface area contributed by atoms with Gasteiger partial charge in [-0.2, -0.15) is 5.10 Å². The van der Waals surface area contributed by atoms with E-state index in [1.165, 1.54) is 12.4 Å². The predicted octanol–water partition coefficient (Wildman–Crippen LogP) is 3.01. The summed E-state index contributed by atoms with van der Waals surface area (Å²) >= 11 is 0. The van der Waals surface area contributed by atoms with Crippen LogP contribution < -0.4 is 0 Å². The second kappa shape index (κ2) is 8.35. The topological polar surface area (TPSA) is 60.2 Å². The molecule has 0 fully saturated rings. The lowest BCUT2D eigenvalue weighted by Gasteiger charge is -2.32. The molecule has 2 aromatic rings. The smallest absolute Gasteiger partial charge is 0.137 e. The van der Waals surface area contributed by atoms with Crippen LogP contribution in [0.4, 0.5) is 4.39 Å². The van der Waals surface area contributed by atoms with Crippen LogP contribution in [0.1, 0.15) is 38.8 Å². The summed E-state index contributed by atoms with van der Waals surface area (Å²) in [4.78, 5) is 3.96. The van der Waals surface area contributed by atoms with Crippen LogP contribution in [0, 0.1) is 11.2 Å². The Bertz CT molecular complexity index is 611. The van der Waals surface area contributed by atoms with Crippen molar-refractivity contribution in [2.24, 2.45) is 5.41 Å². The Morgan fingerprint density at radius 2 is 2.00 bits per heavy atom. The van der Waals surface area contributed by atoms with Gasteiger partial charge in [0.15, 0.2) is 0 Å². The van der Waals surface area contributed by atoms with Gasteiger partial charge >= 0.3 is 0 Å². The molecule has 0 aliphatic carbocycles. The quantitative estimate of drug-likeness (QED) is 0.753. The van der Waals surface area contributed by atoms with Crippen LogP contribution >= 0.6 is 0 Å². The van der Waals surface area contributed by atoms with E-state index in [4.69, 9.17) is 4.74 Å². The van der Waals surface area contributed by atoms with Crippen molar-refractivity contribution in [3.8, 4) is 0 Å². The molecule has 5 nitrogen and oxygen atoms in total. The zero-order valence-corrected chi connectivity index (χ0v) is 14.5. The highest BCUT2D eigenvalue weighted by atomic mass is 19.1. The van der Waals surface area contributed by atoms with Gasteiger partial charge in [0.2, 0.25) is 0 Å². The fraction of sp³-hybridized carbons (Fsp3) is 0.556. The van der Waals surface area contributed by atoms with E-state index in [2.05, 4.69) is 10.1 Å². The minimum absolute atomic E-state index is 0.204. The normalized spacial score (nSPS) is 14.5. The molecule has 0 saturated heterocycles. The maximum absolute atomic E-state index is 13.5. The lowest BCUT2D eigenvalue weighted by atomic mass is 9.84. The summed E-state index contributed by atoms with van der Waals surface area (Å²) in [6.07, 6.45) is 3.64. The minimum atomic E-state index is -0.575. The molecule has 6 heteroatoms. The highest BCUT2D eigenvalue weighted by Gasteiger charge is 2.31. The number of rotatable bonds is 8. The van der Waals surface area contributed by atoms with Crippen molar-refractivity contribution < 1.29 is 14.2 Å². The summed E-state index contributed by atoms with van der Waals surface area (Å²) < 4.78 is 20.9. The zero-order valence-electron chi connectivity index (χ0n) is 14.5. The van der Waals surface area contributed by atoms with Gasteiger partial charge in [-0.3, -0.25) is 0 Å². The van der Waals surface area contributed by atoms with Crippen molar-refractivity contribution in [2.75, 3.05) is 13.2 Å². The van der Waals surface area contributed by atoms with Crippen molar-refractivity contribution in [3.63, 3.8) is 0 Å². The summed E-state index contributed by atoms with van der Waals surface area (Å²) in [6.45, 7) is 6.87. The Hall–Kier alpha value is -1.79. The van der Waals surface area contributed by atoms with Crippen LogP contribution in [-0.2, 0) is 11.2 Å². The number of aliphatic hydroxyl groups excluding tert-OH is 1. The van der Waals surface area contributed by atoms with E-state index in [9.17, 15) is 9.50 Å². The molecule has 24 heavy (non-hydrogen) atoms. The second-order valence-electron chi connectivity index (χ2n) is 7.00. The molecule has 2 unspecified atom stereocenters. The molecular formula is C18H26FN3O2. The predicted molar refractivity (Wildman–Crippen MR) is 90.1 cm³/mol. The van der Waals surface area contributed by atoms with Crippen molar-refractivity contribution >= 4 is 0 Å². The first-order valence-electron chi connectivity index (χ1n) is 8.23. The average molecular weight is 335 g/mol. The van der Waals surface area contributed by atoms with E-state index in [-0.39, 0.29) is 17.3 Å². The van der Waals surface area contributed by atoms with Crippen LogP contribution in [0.15, 0.2) is 36.9 Å². The monoisotopic (exact) mass is 335 g/mol. The van der Waals surface area contributed by atoms with Crippen LogP contribution in [0.5, 0.6) is 0 Å². The van der Waals surface area contributed by atoms with Gasteiger partial charge in [-0.05, 0) is 29.9 Å². The summed E-state index contributed by atoms with van der Waals surface area (Å²) in [5.74, 6) is -0.204. The first-order chi connectivity index (χ1) is 11.4. The number of benzene rings is 1. The molecular weight excluding hydrogens is 309 g/mol. The van der Waals surface area contributed by atoms with E-state index < -0.39 is 6.10 Å². The highest BCUT2D eigenvalue weighted by molar-refractivity contribution is 5.17. The van der Waals surface area contributed by atoms with Crippen LogP contribution in [0.25, 0.3) is 0 Å². The molecule has 1 heterocycles. The number of aliphatic hydroxyl groups is 1. The molecule has 0 saturated carbocycles. The van der Waals surface area contributed by atoms with Gasteiger partial charge < -0.3 is 9.84 Å². The number of aromatic nitrogens is 3. The van der Waals surface area contributed by atoms with Gasteiger partial charge in [-0.25, -0.2) is 14.1 Å². The molecule has 0 radical (unpaired) electrons. The summed E-state index contributed by atoms with van der Waals surface area (Å²) in [6, 6.07) is 6.51. The number of hydrogen-bond acceptors (Lipinski definition) is 4. The maximum Gasteiger partial charge on any atom is 0.137 e. The third-order valence-electron chi connectivity index (χ3n) is 4.06. The summed E-state index contributed by atoms with van der Waals surface area (Å²) in [7, 11) is 0. The van der Waals surface area contributed by atoms with Gasteiger partial charge in [0, 0.05) is 6.61 Å². The molecule has 0 aliphatic rings. The molecule has 0 spiro atoms. The van der Waals surface area contributed by atoms with Crippen molar-refractivity contribution in [1.82, 2.24) is 14.8 Å². The first-order valence-corrected chi connectivity index (χ1v) is 8.23. The molecule has 1 aromatic heterocycles. The molecule has 0 aliphatic heterocycles. The fourth-order valence-corrected chi connectivity index (χ4v) is 2.59. The Kier molecular flexibility index (Phi) is 6.45. The maximum atomic E-state index is 13.5. The van der Waals surface area contributed by atoms with Crippen molar-refractivity contribution in [2.45, 2.75) is 45.8 Å². The summed E-state index contributed by atoms with van der Waals surface area (Å²) in [5, 5.41) is 14.7. The van der Waals surface area contributed by atoms with E-state index in [0.29, 0.717) is 31.6 Å². The molecule has 132 valence electrons.